The summed E-state index contributed by atoms with van der Waals surface area (Å²) in [7, 11) is 1.42. The van der Waals surface area contributed by atoms with E-state index in [0.29, 0.717) is 5.69 Å². The van der Waals surface area contributed by atoms with Crippen molar-refractivity contribution in [3.63, 3.8) is 0 Å². The van der Waals surface area contributed by atoms with Crippen LogP contribution in [0.2, 0.25) is 0 Å². The van der Waals surface area contributed by atoms with Crippen LogP contribution in [0.3, 0.4) is 0 Å². The Morgan fingerprint density at radius 3 is 2.75 bits per heavy atom. The van der Waals surface area contributed by atoms with Crippen molar-refractivity contribution in [2.45, 2.75) is 6.54 Å². The zero-order valence-electron chi connectivity index (χ0n) is 8.68. The number of hydrogen-bond acceptors (Lipinski definition) is 3. The summed E-state index contributed by atoms with van der Waals surface area (Å²) in [6.07, 6.45) is 0. The standard InChI is InChI=1S/C10H10FN3O2/c1-13-9(15)6-14(10(13)16)5-7-3-2-4-8(11)12-7/h2-4H,5-6H2,1H3. The smallest absolute Gasteiger partial charge is 0.309 e. The topological polar surface area (TPSA) is 53.5 Å². The Balaban J connectivity index is 2.12. The van der Waals surface area contributed by atoms with Gasteiger partial charge in [-0.05, 0) is 12.1 Å². The number of amides is 3. The van der Waals surface area contributed by atoms with Gasteiger partial charge in [0, 0.05) is 7.05 Å². The number of nitrogens with zero attached hydrogens (tertiary/aromatic N) is 3. The van der Waals surface area contributed by atoms with Crippen LogP contribution in [0, 0.1) is 5.95 Å². The van der Waals surface area contributed by atoms with Crippen molar-refractivity contribution in [1.82, 2.24) is 14.8 Å². The zero-order chi connectivity index (χ0) is 11.7. The summed E-state index contributed by atoms with van der Waals surface area (Å²) in [5.74, 6) is -0.856. The fourth-order valence-corrected chi connectivity index (χ4v) is 1.51. The van der Waals surface area contributed by atoms with Crippen molar-refractivity contribution in [3.05, 3.63) is 29.8 Å². The van der Waals surface area contributed by atoms with Gasteiger partial charge in [-0.1, -0.05) is 6.07 Å². The molecular weight excluding hydrogens is 213 g/mol. The minimum atomic E-state index is -0.594. The van der Waals surface area contributed by atoms with Gasteiger partial charge in [0.2, 0.25) is 11.9 Å². The number of likely N-dealkylation sites (N-methyl/N-ethyl adjacent to an activating group) is 1. The fourth-order valence-electron chi connectivity index (χ4n) is 1.51. The van der Waals surface area contributed by atoms with Gasteiger partial charge >= 0.3 is 6.03 Å². The predicted molar refractivity (Wildman–Crippen MR) is 52.8 cm³/mol. The lowest BCUT2D eigenvalue weighted by Gasteiger charge is -2.13. The van der Waals surface area contributed by atoms with Crippen LogP contribution in [0.5, 0.6) is 0 Å². The molecule has 1 aliphatic rings. The van der Waals surface area contributed by atoms with Crippen molar-refractivity contribution in [3.8, 4) is 0 Å². The molecule has 0 bridgehead atoms. The van der Waals surface area contributed by atoms with Gasteiger partial charge in [-0.15, -0.1) is 0 Å². The lowest BCUT2D eigenvalue weighted by atomic mass is 10.3. The highest BCUT2D eigenvalue weighted by atomic mass is 19.1. The van der Waals surface area contributed by atoms with Crippen molar-refractivity contribution in [2.75, 3.05) is 13.6 Å². The Hall–Kier alpha value is -1.98. The van der Waals surface area contributed by atoms with E-state index in [2.05, 4.69) is 4.98 Å². The number of aromatic nitrogens is 1. The first-order valence-electron chi connectivity index (χ1n) is 4.75. The van der Waals surface area contributed by atoms with E-state index in [1.54, 1.807) is 6.07 Å². The molecule has 1 aromatic rings. The molecule has 2 rings (SSSR count). The molecule has 3 amide bonds. The summed E-state index contributed by atoms with van der Waals surface area (Å²) in [6, 6.07) is 3.98. The number of pyridine rings is 1. The monoisotopic (exact) mass is 223 g/mol. The molecule has 0 spiro atoms. The quantitative estimate of drug-likeness (QED) is 0.545. The number of urea groups is 1. The van der Waals surface area contributed by atoms with E-state index >= 15 is 0 Å². The molecule has 0 aliphatic carbocycles. The SMILES string of the molecule is CN1C(=O)CN(Cc2cccc(F)n2)C1=O. The van der Waals surface area contributed by atoms with Gasteiger partial charge in [0.25, 0.3) is 0 Å². The largest absolute Gasteiger partial charge is 0.327 e. The van der Waals surface area contributed by atoms with Gasteiger partial charge in [-0.3, -0.25) is 9.69 Å². The van der Waals surface area contributed by atoms with Crippen LogP contribution in [-0.2, 0) is 11.3 Å². The average Bonchev–Trinajstić information content (AvgIpc) is 2.47. The van der Waals surface area contributed by atoms with Crippen molar-refractivity contribution in [2.24, 2.45) is 0 Å². The highest BCUT2D eigenvalue weighted by Crippen LogP contribution is 2.11. The summed E-state index contributed by atoms with van der Waals surface area (Å²) >= 11 is 0. The van der Waals surface area contributed by atoms with Crippen LogP contribution in [0.25, 0.3) is 0 Å². The van der Waals surface area contributed by atoms with Gasteiger partial charge < -0.3 is 4.90 Å². The third-order valence-corrected chi connectivity index (χ3v) is 2.38. The van der Waals surface area contributed by atoms with E-state index in [1.165, 1.54) is 24.1 Å². The van der Waals surface area contributed by atoms with Gasteiger partial charge in [-0.2, -0.15) is 4.39 Å². The average molecular weight is 223 g/mol. The lowest BCUT2D eigenvalue weighted by molar-refractivity contribution is -0.124. The summed E-state index contributed by atoms with van der Waals surface area (Å²) in [5.41, 5.74) is 0.427. The van der Waals surface area contributed by atoms with E-state index in [4.69, 9.17) is 0 Å². The van der Waals surface area contributed by atoms with Gasteiger partial charge in [-0.25, -0.2) is 9.78 Å². The van der Waals surface area contributed by atoms with Gasteiger partial charge in [0.15, 0.2) is 0 Å². The third-order valence-electron chi connectivity index (χ3n) is 2.38. The van der Waals surface area contributed by atoms with Gasteiger partial charge in [0.1, 0.15) is 6.54 Å². The molecule has 0 N–H and O–H groups in total. The first-order valence-corrected chi connectivity index (χ1v) is 4.75. The van der Waals surface area contributed by atoms with E-state index in [-0.39, 0.29) is 25.0 Å². The van der Waals surface area contributed by atoms with E-state index < -0.39 is 5.95 Å². The second-order valence-corrected chi connectivity index (χ2v) is 3.54. The molecule has 16 heavy (non-hydrogen) atoms. The van der Waals surface area contributed by atoms with Crippen LogP contribution < -0.4 is 0 Å². The minimum absolute atomic E-state index is 0.0214. The maximum Gasteiger partial charge on any atom is 0.327 e. The Kier molecular flexibility index (Phi) is 2.55. The molecule has 0 atom stereocenters. The normalized spacial score (nSPS) is 16.1. The molecule has 5 nitrogen and oxygen atoms in total. The summed E-state index contributed by atoms with van der Waals surface area (Å²) in [6.45, 7) is 0.167. The Labute approximate surface area is 91.5 Å². The minimum Gasteiger partial charge on any atom is -0.309 e. The molecule has 0 saturated carbocycles. The van der Waals surface area contributed by atoms with Crippen LogP contribution in [0.15, 0.2) is 18.2 Å². The number of hydrogen-bond donors (Lipinski definition) is 0. The lowest BCUT2D eigenvalue weighted by Crippen LogP contribution is -2.29. The van der Waals surface area contributed by atoms with Crippen molar-refractivity contribution >= 4 is 11.9 Å². The second-order valence-electron chi connectivity index (χ2n) is 3.54. The number of imide groups is 1. The molecule has 1 aromatic heterocycles. The molecule has 2 heterocycles. The highest BCUT2D eigenvalue weighted by molar-refractivity contribution is 6.01. The first-order chi connectivity index (χ1) is 7.58. The second kappa shape index (κ2) is 3.88. The molecule has 0 aromatic carbocycles. The summed E-state index contributed by atoms with van der Waals surface area (Å²) in [5, 5.41) is 0. The van der Waals surface area contributed by atoms with E-state index in [0.717, 1.165) is 4.90 Å². The number of carbonyl (C=O) groups excluding carboxylic acids is 2. The van der Waals surface area contributed by atoms with Crippen LogP contribution >= 0.6 is 0 Å². The van der Waals surface area contributed by atoms with Crippen molar-refractivity contribution in [1.29, 1.82) is 0 Å². The highest BCUT2D eigenvalue weighted by Gasteiger charge is 2.32. The Morgan fingerprint density at radius 2 is 2.19 bits per heavy atom. The maximum atomic E-state index is 12.8. The summed E-state index contributed by atoms with van der Waals surface area (Å²) < 4.78 is 12.8. The Bertz CT molecular complexity index is 449. The number of carbonyl (C=O) groups is 2. The third kappa shape index (κ3) is 1.86. The molecular formula is C10H10FN3O2. The molecule has 0 unspecified atom stereocenters. The predicted octanol–water partition coefficient (Wildman–Crippen LogP) is 0.615. The van der Waals surface area contributed by atoms with Crippen LogP contribution in [0.1, 0.15) is 5.69 Å². The van der Waals surface area contributed by atoms with E-state index in [9.17, 15) is 14.0 Å². The van der Waals surface area contributed by atoms with Crippen molar-refractivity contribution < 1.29 is 14.0 Å². The molecule has 1 aliphatic heterocycles. The zero-order valence-corrected chi connectivity index (χ0v) is 8.68. The molecule has 1 saturated heterocycles. The number of rotatable bonds is 2. The van der Waals surface area contributed by atoms with Crippen LogP contribution in [-0.4, -0.2) is 40.3 Å². The summed E-state index contributed by atoms with van der Waals surface area (Å²) in [4.78, 5) is 28.7. The maximum absolute atomic E-state index is 12.8. The molecule has 1 fully saturated rings. The fraction of sp³-hybridized carbons (Fsp3) is 0.300. The first kappa shape index (κ1) is 10.5. The Morgan fingerprint density at radius 1 is 1.44 bits per heavy atom. The van der Waals surface area contributed by atoms with Crippen LogP contribution in [0.4, 0.5) is 9.18 Å². The van der Waals surface area contributed by atoms with E-state index in [1.807, 2.05) is 0 Å². The molecule has 84 valence electrons. The van der Waals surface area contributed by atoms with Gasteiger partial charge in [0.05, 0.1) is 12.2 Å². The number of halogens is 1. The molecule has 0 radical (unpaired) electrons. The molecule has 6 heteroatoms.